The minimum absolute atomic E-state index is 0.00407. The molecule has 2 aromatic carbocycles. The van der Waals surface area contributed by atoms with Crippen LogP contribution < -0.4 is 5.32 Å². The van der Waals surface area contributed by atoms with Crippen LogP contribution in [0.5, 0.6) is 0 Å². The lowest BCUT2D eigenvalue weighted by molar-refractivity contribution is -0.137. The first-order valence-corrected chi connectivity index (χ1v) is 6.02. The number of anilines is 2. The van der Waals surface area contributed by atoms with Crippen molar-refractivity contribution >= 4 is 23.0 Å². The van der Waals surface area contributed by atoms with Gasteiger partial charge in [0.1, 0.15) is 11.9 Å². The first kappa shape index (κ1) is 15.1. The van der Waals surface area contributed by atoms with Gasteiger partial charge in [0.2, 0.25) is 0 Å². The molecule has 0 spiro atoms. The molecular formula is C14H7ClF4N2. The Bertz CT molecular complexity index is 720. The lowest BCUT2D eigenvalue weighted by Crippen LogP contribution is -2.05. The average molecular weight is 315 g/mol. The van der Waals surface area contributed by atoms with E-state index in [9.17, 15) is 17.6 Å². The lowest BCUT2D eigenvalue weighted by atomic mass is 10.1. The van der Waals surface area contributed by atoms with Gasteiger partial charge in [-0.05, 0) is 36.4 Å². The predicted molar refractivity (Wildman–Crippen MR) is 70.9 cm³/mol. The second-order valence-corrected chi connectivity index (χ2v) is 4.53. The highest BCUT2D eigenvalue weighted by Crippen LogP contribution is 2.35. The second kappa shape index (κ2) is 5.62. The van der Waals surface area contributed by atoms with Crippen molar-refractivity contribution < 1.29 is 17.6 Å². The molecular weight excluding hydrogens is 308 g/mol. The minimum Gasteiger partial charge on any atom is -0.354 e. The van der Waals surface area contributed by atoms with E-state index in [0.29, 0.717) is 0 Å². The number of nitrogens with one attached hydrogen (secondary N) is 1. The number of alkyl halides is 3. The van der Waals surface area contributed by atoms with Crippen LogP contribution in [-0.2, 0) is 6.18 Å². The molecule has 0 unspecified atom stereocenters. The van der Waals surface area contributed by atoms with E-state index in [2.05, 4.69) is 5.32 Å². The predicted octanol–water partition coefficient (Wildman–Crippen LogP) is 5.11. The van der Waals surface area contributed by atoms with Crippen LogP contribution in [0.2, 0.25) is 5.02 Å². The van der Waals surface area contributed by atoms with Crippen LogP contribution in [0.15, 0.2) is 36.4 Å². The van der Waals surface area contributed by atoms with Gasteiger partial charge in [0, 0.05) is 5.69 Å². The van der Waals surface area contributed by atoms with Crippen molar-refractivity contribution in [2.24, 2.45) is 0 Å². The van der Waals surface area contributed by atoms with Gasteiger partial charge >= 0.3 is 6.18 Å². The summed E-state index contributed by atoms with van der Waals surface area (Å²) in [6, 6.07) is 8.04. The highest BCUT2D eigenvalue weighted by molar-refractivity contribution is 6.33. The third kappa shape index (κ3) is 3.44. The van der Waals surface area contributed by atoms with Crippen LogP contribution in [0.3, 0.4) is 0 Å². The molecule has 1 N–H and O–H groups in total. The number of hydrogen-bond acceptors (Lipinski definition) is 2. The van der Waals surface area contributed by atoms with Gasteiger partial charge in [-0.15, -0.1) is 0 Å². The highest BCUT2D eigenvalue weighted by Gasteiger charge is 2.30. The topological polar surface area (TPSA) is 35.8 Å². The van der Waals surface area contributed by atoms with Gasteiger partial charge in [-0.3, -0.25) is 0 Å². The molecule has 0 amide bonds. The van der Waals surface area contributed by atoms with E-state index < -0.39 is 17.6 Å². The molecule has 0 aliphatic carbocycles. The summed E-state index contributed by atoms with van der Waals surface area (Å²) in [5.74, 6) is -0.773. The van der Waals surface area contributed by atoms with Crippen molar-refractivity contribution in [2.75, 3.05) is 5.32 Å². The molecule has 2 nitrogen and oxygen atoms in total. The zero-order chi connectivity index (χ0) is 15.6. The fourth-order valence-electron chi connectivity index (χ4n) is 1.64. The van der Waals surface area contributed by atoms with Gasteiger partial charge < -0.3 is 5.32 Å². The summed E-state index contributed by atoms with van der Waals surface area (Å²) in [6.45, 7) is 0. The maximum absolute atomic E-state index is 13.4. The van der Waals surface area contributed by atoms with Crippen LogP contribution >= 0.6 is 11.6 Å². The first-order valence-electron chi connectivity index (χ1n) is 5.64. The summed E-state index contributed by atoms with van der Waals surface area (Å²) in [7, 11) is 0. The van der Waals surface area contributed by atoms with Crippen molar-refractivity contribution in [3.63, 3.8) is 0 Å². The zero-order valence-electron chi connectivity index (χ0n) is 10.3. The standard InChI is InChI=1S/C14H7ClF4N2/c15-11-4-2-9(14(17,18)19)5-13(11)21-10-3-1-8(7-20)12(16)6-10/h1-6,21H. The molecule has 0 saturated carbocycles. The quantitative estimate of drug-likeness (QED) is 0.782. The molecule has 7 heteroatoms. The molecule has 0 fully saturated rings. The normalized spacial score (nSPS) is 11.0. The Morgan fingerprint density at radius 3 is 2.38 bits per heavy atom. The van der Waals surface area contributed by atoms with Crippen LogP contribution in [0, 0.1) is 17.1 Å². The van der Waals surface area contributed by atoms with Crippen molar-refractivity contribution in [1.82, 2.24) is 0 Å². The van der Waals surface area contributed by atoms with Crippen molar-refractivity contribution in [1.29, 1.82) is 5.26 Å². The summed E-state index contributed by atoms with van der Waals surface area (Å²) < 4.78 is 51.3. The zero-order valence-corrected chi connectivity index (χ0v) is 11.1. The highest BCUT2D eigenvalue weighted by atomic mass is 35.5. The third-order valence-electron chi connectivity index (χ3n) is 2.66. The Kier molecular flexibility index (Phi) is 4.05. The van der Waals surface area contributed by atoms with E-state index in [0.717, 1.165) is 24.3 Å². The summed E-state index contributed by atoms with van der Waals surface area (Å²) in [5.41, 5.74) is -0.845. The molecule has 108 valence electrons. The minimum atomic E-state index is -4.50. The lowest BCUT2D eigenvalue weighted by Gasteiger charge is -2.12. The van der Waals surface area contributed by atoms with E-state index in [4.69, 9.17) is 16.9 Å². The largest absolute Gasteiger partial charge is 0.416 e. The summed E-state index contributed by atoms with van der Waals surface area (Å²) in [6.07, 6.45) is -4.50. The number of benzene rings is 2. The van der Waals surface area contributed by atoms with E-state index in [1.165, 1.54) is 12.1 Å². The van der Waals surface area contributed by atoms with Crippen molar-refractivity contribution in [2.45, 2.75) is 6.18 Å². The number of rotatable bonds is 2. The van der Waals surface area contributed by atoms with Crippen molar-refractivity contribution in [3.05, 3.63) is 58.4 Å². The van der Waals surface area contributed by atoms with E-state index in [1.807, 2.05) is 0 Å². The number of nitrogens with zero attached hydrogens (tertiary/aromatic N) is 1. The average Bonchev–Trinajstić information content (AvgIpc) is 2.40. The molecule has 21 heavy (non-hydrogen) atoms. The second-order valence-electron chi connectivity index (χ2n) is 4.12. The van der Waals surface area contributed by atoms with E-state index in [-0.39, 0.29) is 22.0 Å². The van der Waals surface area contributed by atoms with Crippen LogP contribution in [0.4, 0.5) is 28.9 Å². The molecule has 0 aromatic heterocycles. The summed E-state index contributed by atoms with van der Waals surface area (Å²) in [5, 5.41) is 11.3. The molecule has 0 bridgehead atoms. The Labute approximate surface area is 122 Å². The monoisotopic (exact) mass is 314 g/mol. The van der Waals surface area contributed by atoms with Gasteiger partial charge in [0.05, 0.1) is 21.8 Å². The smallest absolute Gasteiger partial charge is 0.354 e. The Balaban J connectivity index is 2.35. The fraction of sp³-hybridized carbons (Fsp3) is 0.0714. The van der Waals surface area contributed by atoms with Gasteiger partial charge in [0.25, 0.3) is 0 Å². The van der Waals surface area contributed by atoms with Gasteiger partial charge in [-0.2, -0.15) is 18.4 Å². The van der Waals surface area contributed by atoms with Gasteiger partial charge in [-0.1, -0.05) is 11.6 Å². The fourth-order valence-corrected chi connectivity index (χ4v) is 1.80. The molecule has 0 aliphatic heterocycles. The molecule has 0 heterocycles. The van der Waals surface area contributed by atoms with E-state index in [1.54, 1.807) is 6.07 Å². The Morgan fingerprint density at radius 2 is 1.81 bits per heavy atom. The summed E-state index contributed by atoms with van der Waals surface area (Å²) in [4.78, 5) is 0. The van der Waals surface area contributed by atoms with Crippen LogP contribution in [0.1, 0.15) is 11.1 Å². The van der Waals surface area contributed by atoms with Gasteiger partial charge in [0.15, 0.2) is 0 Å². The molecule has 2 rings (SSSR count). The Morgan fingerprint density at radius 1 is 1.10 bits per heavy atom. The molecule has 0 radical (unpaired) electrons. The molecule has 0 saturated heterocycles. The number of halogens is 5. The third-order valence-corrected chi connectivity index (χ3v) is 2.99. The van der Waals surface area contributed by atoms with Crippen molar-refractivity contribution in [3.8, 4) is 6.07 Å². The number of hydrogen-bond donors (Lipinski definition) is 1. The maximum Gasteiger partial charge on any atom is 0.416 e. The maximum atomic E-state index is 13.4. The molecule has 0 atom stereocenters. The first-order chi connectivity index (χ1) is 9.81. The van der Waals surface area contributed by atoms with Crippen LogP contribution in [-0.4, -0.2) is 0 Å². The number of nitriles is 1. The SMILES string of the molecule is N#Cc1ccc(Nc2cc(C(F)(F)F)ccc2Cl)cc1F. The molecule has 2 aromatic rings. The van der Waals surface area contributed by atoms with E-state index >= 15 is 0 Å². The Hall–Kier alpha value is -2.26. The van der Waals surface area contributed by atoms with Gasteiger partial charge in [-0.25, -0.2) is 4.39 Å². The summed E-state index contributed by atoms with van der Waals surface area (Å²) >= 11 is 5.82. The molecule has 0 aliphatic rings. The van der Waals surface area contributed by atoms with Crippen LogP contribution in [0.25, 0.3) is 0 Å².